The van der Waals surface area contributed by atoms with Gasteiger partial charge in [0, 0.05) is 12.7 Å². The molecule has 0 aliphatic heterocycles. The summed E-state index contributed by atoms with van der Waals surface area (Å²) in [4.78, 5) is 15.9. The highest BCUT2D eigenvalue weighted by Crippen LogP contribution is 2.28. The van der Waals surface area contributed by atoms with Gasteiger partial charge in [-0.05, 0) is 36.7 Å². The lowest BCUT2D eigenvalue weighted by atomic mass is 10.1. The number of hydrogen-bond donors (Lipinski definition) is 3. The molecular weight excluding hydrogens is 292 g/mol. The first-order chi connectivity index (χ1) is 10.1. The van der Waals surface area contributed by atoms with Gasteiger partial charge in [-0.3, -0.25) is 4.57 Å². The van der Waals surface area contributed by atoms with Crippen molar-refractivity contribution >= 4 is 17.6 Å². The third kappa shape index (κ3) is 3.07. The topological polar surface area (TPSA) is 122 Å². The summed E-state index contributed by atoms with van der Waals surface area (Å²) >= 11 is 1.20. The van der Waals surface area contributed by atoms with Crippen molar-refractivity contribution in [2.75, 3.05) is 0 Å². The first-order valence-electron chi connectivity index (χ1n) is 6.35. The van der Waals surface area contributed by atoms with Gasteiger partial charge in [0.05, 0.1) is 5.56 Å². The molecule has 0 saturated carbocycles. The zero-order valence-corrected chi connectivity index (χ0v) is 12.5. The fraction of sp³-hybridized carbons (Fsp3) is 0.333. The standard InChI is InChI=1S/C12H16N6O2S/c1-3-6-18-11(19)15-16-12(18)21-10-8(9(13)17-20)7(2)4-5-14-10/h4-5,20H,3,6H2,1-2H3,(H2,13,17)(H,15,19). The molecule has 4 N–H and O–H groups in total. The van der Waals surface area contributed by atoms with E-state index in [0.717, 1.165) is 12.0 Å². The molecule has 2 heterocycles. The van der Waals surface area contributed by atoms with E-state index in [4.69, 9.17) is 10.9 Å². The highest BCUT2D eigenvalue weighted by Gasteiger charge is 2.16. The van der Waals surface area contributed by atoms with Gasteiger partial charge in [0.25, 0.3) is 0 Å². The van der Waals surface area contributed by atoms with Crippen LogP contribution in [0.1, 0.15) is 24.5 Å². The molecule has 0 saturated heterocycles. The van der Waals surface area contributed by atoms with Crippen molar-refractivity contribution in [2.45, 2.75) is 37.0 Å². The van der Waals surface area contributed by atoms with Crippen molar-refractivity contribution < 1.29 is 5.21 Å². The van der Waals surface area contributed by atoms with Crippen molar-refractivity contribution in [2.24, 2.45) is 10.9 Å². The van der Waals surface area contributed by atoms with Crippen LogP contribution < -0.4 is 11.4 Å². The number of aryl methyl sites for hydroxylation is 1. The Hall–Kier alpha value is -2.29. The predicted octanol–water partition coefficient (Wildman–Crippen LogP) is 0.931. The molecule has 0 aromatic carbocycles. The Labute approximate surface area is 125 Å². The monoisotopic (exact) mass is 308 g/mol. The zero-order valence-electron chi connectivity index (χ0n) is 11.7. The second-order valence-electron chi connectivity index (χ2n) is 4.36. The Morgan fingerprint density at radius 1 is 1.62 bits per heavy atom. The lowest BCUT2D eigenvalue weighted by Crippen LogP contribution is -2.18. The largest absolute Gasteiger partial charge is 0.409 e. The van der Waals surface area contributed by atoms with Crippen molar-refractivity contribution in [3.05, 3.63) is 33.9 Å². The number of nitrogens with one attached hydrogen (secondary N) is 1. The van der Waals surface area contributed by atoms with Crippen LogP contribution in [0.3, 0.4) is 0 Å². The number of oxime groups is 1. The second kappa shape index (κ2) is 6.44. The molecule has 2 aromatic heterocycles. The lowest BCUT2D eigenvalue weighted by molar-refractivity contribution is 0.318. The van der Waals surface area contributed by atoms with Gasteiger partial charge in [-0.1, -0.05) is 12.1 Å². The number of nitrogens with zero attached hydrogens (tertiary/aromatic N) is 4. The molecule has 112 valence electrons. The highest BCUT2D eigenvalue weighted by atomic mass is 32.2. The van der Waals surface area contributed by atoms with E-state index in [1.807, 2.05) is 13.8 Å². The second-order valence-corrected chi connectivity index (χ2v) is 5.31. The van der Waals surface area contributed by atoms with E-state index in [0.29, 0.717) is 22.3 Å². The molecule has 0 bridgehead atoms. The maximum absolute atomic E-state index is 11.7. The lowest BCUT2D eigenvalue weighted by Gasteiger charge is -2.09. The van der Waals surface area contributed by atoms with E-state index in [1.54, 1.807) is 12.3 Å². The third-order valence-corrected chi connectivity index (χ3v) is 3.84. The number of aromatic nitrogens is 4. The number of H-pyrrole nitrogens is 1. The SMILES string of the molecule is CCCn1c(Sc2nccc(C)c2/C(N)=N/O)n[nH]c1=O. The minimum atomic E-state index is -0.266. The van der Waals surface area contributed by atoms with Gasteiger partial charge in [0.15, 0.2) is 11.0 Å². The van der Waals surface area contributed by atoms with Gasteiger partial charge in [0.2, 0.25) is 0 Å². The number of pyridine rings is 1. The molecule has 2 rings (SSSR count). The molecule has 0 aliphatic carbocycles. The molecule has 0 radical (unpaired) electrons. The van der Waals surface area contributed by atoms with Crippen LogP contribution >= 0.6 is 11.8 Å². The molecule has 0 unspecified atom stereocenters. The van der Waals surface area contributed by atoms with Gasteiger partial charge >= 0.3 is 5.69 Å². The van der Waals surface area contributed by atoms with Crippen LogP contribution in [0.15, 0.2) is 32.4 Å². The van der Waals surface area contributed by atoms with E-state index in [9.17, 15) is 4.79 Å². The highest BCUT2D eigenvalue weighted by molar-refractivity contribution is 7.99. The Kier molecular flexibility index (Phi) is 4.63. The maximum Gasteiger partial charge on any atom is 0.343 e. The Morgan fingerprint density at radius 3 is 3.05 bits per heavy atom. The van der Waals surface area contributed by atoms with Gasteiger partial charge in [-0.15, -0.1) is 5.10 Å². The fourth-order valence-corrected chi connectivity index (χ4v) is 2.89. The maximum atomic E-state index is 11.7. The first kappa shape index (κ1) is 15.1. The normalized spacial score (nSPS) is 11.8. The molecule has 9 heteroatoms. The summed E-state index contributed by atoms with van der Waals surface area (Å²) in [6, 6.07) is 1.76. The van der Waals surface area contributed by atoms with Crippen molar-refractivity contribution in [1.82, 2.24) is 19.7 Å². The van der Waals surface area contributed by atoms with E-state index in [2.05, 4.69) is 20.3 Å². The van der Waals surface area contributed by atoms with Crippen molar-refractivity contribution in [3.63, 3.8) is 0 Å². The number of hydrogen-bond acceptors (Lipinski definition) is 6. The van der Waals surface area contributed by atoms with E-state index in [1.165, 1.54) is 16.3 Å². The minimum Gasteiger partial charge on any atom is -0.409 e. The fourth-order valence-electron chi connectivity index (χ4n) is 1.86. The summed E-state index contributed by atoms with van der Waals surface area (Å²) in [6.45, 7) is 4.37. The summed E-state index contributed by atoms with van der Waals surface area (Å²) < 4.78 is 1.53. The number of aromatic amines is 1. The van der Waals surface area contributed by atoms with E-state index in [-0.39, 0.29) is 11.5 Å². The van der Waals surface area contributed by atoms with Crippen molar-refractivity contribution in [3.8, 4) is 0 Å². The molecule has 0 fully saturated rings. The first-order valence-corrected chi connectivity index (χ1v) is 7.16. The molecule has 0 atom stereocenters. The van der Waals surface area contributed by atoms with Gasteiger partial charge in [-0.25, -0.2) is 14.9 Å². The quantitative estimate of drug-likeness (QED) is 0.327. The Morgan fingerprint density at radius 2 is 2.38 bits per heavy atom. The number of amidine groups is 1. The zero-order chi connectivity index (χ0) is 15.4. The van der Waals surface area contributed by atoms with Crippen LogP contribution in [0.4, 0.5) is 0 Å². The van der Waals surface area contributed by atoms with Gasteiger partial charge < -0.3 is 10.9 Å². The van der Waals surface area contributed by atoms with Gasteiger partial charge in [-0.2, -0.15) is 0 Å². The summed E-state index contributed by atoms with van der Waals surface area (Å²) in [5.41, 5.74) is 6.79. The smallest absolute Gasteiger partial charge is 0.343 e. The molecule has 0 spiro atoms. The average Bonchev–Trinajstić information content (AvgIpc) is 2.80. The summed E-state index contributed by atoms with van der Waals surface area (Å²) in [5, 5.41) is 19.4. The molecule has 0 amide bonds. The summed E-state index contributed by atoms with van der Waals surface area (Å²) in [6.07, 6.45) is 2.43. The molecule has 8 nitrogen and oxygen atoms in total. The summed E-state index contributed by atoms with van der Waals surface area (Å²) in [5.74, 6) is -0.0250. The molecular formula is C12H16N6O2S. The Bertz CT molecular complexity index is 721. The Balaban J connectivity index is 2.46. The number of nitrogens with two attached hydrogens (primary N) is 1. The van der Waals surface area contributed by atoms with Crippen molar-refractivity contribution in [1.29, 1.82) is 0 Å². The van der Waals surface area contributed by atoms with Gasteiger partial charge in [0.1, 0.15) is 5.03 Å². The third-order valence-electron chi connectivity index (χ3n) is 2.85. The molecule has 0 aliphatic rings. The van der Waals surface area contributed by atoms with E-state index >= 15 is 0 Å². The van der Waals surface area contributed by atoms with Crippen LogP contribution in [0.25, 0.3) is 0 Å². The molecule has 21 heavy (non-hydrogen) atoms. The summed E-state index contributed by atoms with van der Waals surface area (Å²) in [7, 11) is 0. The minimum absolute atomic E-state index is 0.0250. The predicted molar refractivity (Wildman–Crippen MR) is 78.7 cm³/mol. The number of rotatable bonds is 5. The van der Waals surface area contributed by atoms with Crippen LogP contribution in [0.5, 0.6) is 0 Å². The average molecular weight is 308 g/mol. The van der Waals surface area contributed by atoms with E-state index < -0.39 is 0 Å². The molecule has 2 aromatic rings. The van der Waals surface area contributed by atoms with Crippen LogP contribution in [0, 0.1) is 6.92 Å². The van der Waals surface area contributed by atoms with Crippen LogP contribution in [0.2, 0.25) is 0 Å². The van der Waals surface area contributed by atoms with Crippen LogP contribution in [-0.4, -0.2) is 30.8 Å². The van der Waals surface area contributed by atoms with Crippen LogP contribution in [-0.2, 0) is 6.54 Å².